The molecule has 1 aliphatic heterocycles. The summed E-state index contributed by atoms with van der Waals surface area (Å²) in [5.41, 5.74) is 2.81. The quantitative estimate of drug-likeness (QED) is 0.472. The van der Waals surface area contributed by atoms with Gasteiger partial charge in [-0.3, -0.25) is 14.9 Å². The lowest BCUT2D eigenvalue weighted by molar-refractivity contribution is -0.122. The van der Waals surface area contributed by atoms with Crippen LogP contribution in [-0.2, 0) is 16.6 Å². The topological polar surface area (TPSA) is 64.2 Å². The summed E-state index contributed by atoms with van der Waals surface area (Å²) < 4.78 is 22.0. The molecule has 4 aromatic rings. The van der Waals surface area contributed by atoms with Gasteiger partial charge < -0.3 is 8.98 Å². The number of benzene rings is 2. The van der Waals surface area contributed by atoms with Crippen molar-refractivity contribution in [2.75, 3.05) is 0 Å². The Morgan fingerprint density at radius 3 is 2.54 bits per heavy atom. The van der Waals surface area contributed by atoms with Crippen molar-refractivity contribution in [1.82, 2.24) is 9.88 Å². The van der Waals surface area contributed by atoms with Crippen LogP contribution in [-0.4, -0.2) is 16.4 Å². The Kier molecular flexibility index (Phi) is 3.57. The number of fused-ring (bicyclic) bond motifs is 2. The number of nitrogens with zero attached hydrogens (tertiary/aromatic N) is 1. The van der Waals surface area contributed by atoms with E-state index in [1.807, 2.05) is 36.0 Å². The van der Waals surface area contributed by atoms with Gasteiger partial charge in [-0.2, -0.15) is 0 Å². The molecule has 0 unspecified atom stereocenters. The minimum atomic E-state index is -0.529. The molecule has 2 aromatic carbocycles. The summed E-state index contributed by atoms with van der Waals surface area (Å²) in [6.45, 7) is 0. The number of furan rings is 1. The number of hydrogen-bond acceptors (Lipinski definition) is 3. The molecular formula is C21H12BrFN2O3. The Hall–Kier alpha value is -3.19. The van der Waals surface area contributed by atoms with Crippen LogP contribution < -0.4 is 5.32 Å². The fraction of sp³-hybridized carbons (Fsp3) is 0.0476. The first kappa shape index (κ1) is 16.9. The van der Waals surface area contributed by atoms with Gasteiger partial charge in [0.15, 0.2) is 0 Å². The number of imide groups is 1. The number of hydrogen-bond donors (Lipinski definition) is 1. The van der Waals surface area contributed by atoms with Gasteiger partial charge in [-0.1, -0.05) is 15.9 Å². The lowest BCUT2D eigenvalue weighted by Gasteiger charge is -2.03. The molecule has 3 heterocycles. The standard InChI is InChI=1S/C21H12BrFN2O3/c1-25-8-14(12-6-10(22)2-4-16(12)25)18-19(21(27)24-20(18)26)15-9-28-17-5-3-11(23)7-13(15)17/h2-9H,1H3,(H,24,26,27). The van der Waals surface area contributed by atoms with Gasteiger partial charge >= 0.3 is 0 Å². The van der Waals surface area contributed by atoms with Gasteiger partial charge in [-0.05, 0) is 36.4 Å². The van der Waals surface area contributed by atoms with Gasteiger partial charge in [-0.15, -0.1) is 0 Å². The lowest BCUT2D eigenvalue weighted by Crippen LogP contribution is -2.22. The Balaban J connectivity index is 1.87. The molecule has 2 aromatic heterocycles. The maximum atomic E-state index is 13.8. The first-order chi connectivity index (χ1) is 13.4. The number of carbonyl (C=O) groups is 2. The van der Waals surface area contributed by atoms with Crippen molar-refractivity contribution in [3.63, 3.8) is 0 Å². The van der Waals surface area contributed by atoms with E-state index in [0.717, 1.165) is 15.4 Å². The van der Waals surface area contributed by atoms with Crippen molar-refractivity contribution in [2.45, 2.75) is 0 Å². The van der Waals surface area contributed by atoms with Gasteiger partial charge in [0.25, 0.3) is 11.8 Å². The molecule has 28 heavy (non-hydrogen) atoms. The van der Waals surface area contributed by atoms with Crippen LogP contribution in [0.1, 0.15) is 11.1 Å². The second-order valence-corrected chi connectivity index (χ2v) is 7.55. The van der Waals surface area contributed by atoms with Crippen molar-refractivity contribution in [3.8, 4) is 0 Å². The van der Waals surface area contributed by atoms with Crippen LogP contribution >= 0.6 is 15.9 Å². The van der Waals surface area contributed by atoms with Crippen LogP contribution in [0.25, 0.3) is 33.0 Å². The minimum Gasteiger partial charge on any atom is -0.464 e. The first-order valence-corrected chi connectivity index (χ1v) is 9.25. The van der Waals surface area contributed by atoms with Crippen molar-refractivity contribution >= 4 is 60.8 Å². The Morgan fingerprint density at radius 1 is 1.00 bits per heavy atom. The molecule has 7 heteroatoms. The summed E-state index contributed by atoms with van der Waals surface area (Å²) in [5.74, 6) is -1.46. The molecule has 1 aliphatic rings. The molecule has 1 N–H and O–H groups in total. The van der Waals surface area contributed by atoms with E-state index in [9.17, 15) is 14.0 Å². The highest BCUT2D eigenvalue weighted by Crippen LogP contribution is 2.39. The SMILES string of the molecule is Cn1cc(C2=C(c3coc4ccc(F)cc34)C(=O)NC2=O)c2cc(Br)ccc21. The predicted octanol–water partition coefficient (Wildman–Crippen LogP) is 4.39. The summed E-state index contributed by atoms with van der Waals surface area (Å²) in [5, 5.41) is 3.63. The fourth-order valence-electron chi connectivity index (χ4n) is 3.73. The average molecular weight is 439 g/mol. The van der Waals surface area contributed by atoms with E-state index >= 15 is 0 Å². The second kappa shape index (κ2) is 5.90. The molecule has 0 spiro atoms. The maximum Gasteiger partial charge on any atom is 0.259 e. The normalized spacial score (nSPS) is 14.5. The van der Waals surface area contributed by atoms with Crippen LogP contribution in [0.4, 0.5) is 4.39 Å². The zero-order valence-corrected chi connectivity index (χ0v) is 16.1. The highest BCUT2D eigenvalue weighted by atomic mass is 79.9. The van der Waals surface area contributed by atoms with Crippen molar-refractivity contribution < 1.29 is 18.4 Å². The van der Waals surface area contributed by atoms with Crippen LogP contribution in [0.3, 0.4) is 0 Å². The van der Waals surface area contributed by atoms with Crippen molar-refractivity contribution in [1.29, 1.82) is 0 Å². The minimum absolute atomic E-state index is 0.182. The van der Waals surface area contributed by atoms with E-state index in [0.29, 0.717) is 22.1 Å². The van der Waals surface area contributed by atoms with Crippen molar-refractivity contribution in [3.05, 3.63) is 70.3 Å². The third-order valence-corrected chi connectivity index (χ3v) is 5.45. The number of rotatable bonds is 2. The van der Waals surface area contributed by atoms with Gasteiger partial charge in [0.1, 0.15) is 11.4 Å². The molecule has 0 aliphatic carbocycles. The predicted molar refractivity (Wildman–Crippen MR) is 107 cm³/mol. The Bertz CT molecular complexity index is 1360. The van der Waals surface area contributed by atoms with E-state index in [2.05, 4.69) is 21.2 Å². The number of carbonyl (C=O) groups excluding carboxylic acids is 2. The largest absolute Gasteiger partial charge is 0.464 e. The van der Waals surface area contributed by atoms with Gasteiger partial charge in [0.2, 0.25) is 0 Å². The van der Waals surface area contributed by atoms with Gasteiger partial charge in [-0.25, -0.2) is 4.39 Å². The number of halogens is 2. The van der Waals surface area contributed by atoms with Gasteiger partial charge in [0, 0.05) is 45.1 Å². The zero-order valence-electron chi connectivity index (χ0n) is 14.5. The molecule has 0 saturated carbocycles. The Morgan fingerprint density at radius 2 is 1.75 bits per heavy atom. The molecule has 0 saturated heterocycles. The fourth-order valence-corrected chi connectivity index (χ4v) is 4.09. The zero-order chi connectivity index (χ0) is 19.6. The first-order valence-electron chi connectivity index (χ1n) is 8.46. The molecular weight excluding hydrogens is 427 g/mol. The molecule has 0 atom stereocenters. The summed E-state index contributed by atoms with van der Waals surface area (Å²) in [6.07, 6.45) is 3.20. The van der Waals surface area contributed by atoms with Crippen LogP contribution in [0.2, 0.25) is 0 Å². The Labute approximate surface area is 166 Å². The molecule has 0 bridgehead atoms. The molecule has 138 valence electrons. The van der Waals surface area contributed by atoms with Crippen LogP contribution in [0.15, 0.2) is 57.7 Å². The molecule has 5 rings (SSSR count). The van der Waals surface area contributed by atoms with Gasteiger partial charge in [0.05, 0.1) is 17.4 Å². The number of amides is 2. The third kappa shape index (κ3) is 2.36. The van der Waals surface area contributed by atoms with E-state index in [1.54, 1.807) is 0 Å². The summed E-state index contributed by atoms with van der Waals surface area (Å²) in [6, 6.07) is 9.83. The van der Waals surface area contributed by atoms with Crippen LogP contribution in [0, 0.1) is 5.82 Å². The highest BCUT2D eigenvalue weighted by molar-refractivity contribution is 9.10. The maximum absolute atomic E-state index is 13.8. The monoisotopic (exact) mass is 438 g/mol. The molecule has 0 fully saturated rings. The number of nitrogens with one attached hydrogen (secondary N) is 1. The highest BCUT2D eigenvalue weighted by Gasteiger charge is 2.35. The van der Waals surface area contributed by atoms with Crippen molar-refractivity contribution in [2.24, 2.45) is 7.05 Å². The number of aryl methyl sites for hydroxylation is 1. The smallest absolute Gasteiger partial charge is 0.259 e. The third-order valence-electron chi connectivity index (χ3n) is 4.96. The lowest BCUT2D eigenvalue weighted by atomic mass is 9.95. The number of aromatic nitrogens is 1. The summed E-state index contributed by atoms with van der Waals surface area (Å²) in [4.78, 5) is 25.4. The second-order valence-electron chi connectivity index (χ2n) is 6.64. The van der Waals surface area contributed by atoms with Crippen LogP contribution in [0.5, 0.6) is 0 Å². The van der Waals surface area contributed by atoms with E-state index in [-0.39, 0.29) is 11.1 Å². The summed E-state index contributed by atoms with van der Waals surface area (Å²) >= 11 is 3.46. The molecule has 2 amide bonds. The molecule has 0 radical (unpaired) electrons. The molecule has 5 nitrogen and oxygen atoms in total. The van der Waals surface area contributed by atoms with E-state index in [1.165, 1.54) is 24.5 Å². The summed E-state index contributed by atoms with van der Waals surface area (Å²) in [7, 11) is 1.87. The average Bonchev–Trinajstić information content (AvgIpc) is 3.28. The van der Waals surface area contributed by atoms with E-state index in [4.69, 9.17) is 4.42 Å². The van der Waals surface area contributed by atoms with E-state index < -0.39 is 17.6 Å².